The van der Waals surface area contributed by atoms with Gasteiger partial charge in [-0.2, -0.15) is 0 Å². The molecule has 1 aromatic rings. The van der Waals surface area contributed by atoms with E-state index in [1.807, 2.05) is 6.07 Å². The van der Waals surface area contributed by atoms with Crippen molar-refractivity contribution in [3.8, 4) is 0 Å². The largest absolute Gasteiger partial charge is 0.392 e. The minimum Gasteiger partial charge on any atom is -0.392 e. The van der Waals surface area contributed by atoms with E-state index in [0.717, 1.165) is 6.42 Å². The van der Waals surface area contributed by atoms with Gasteiger partial charge in [0.15, 0.2) is 0 Å². The van der Waals surface area contributed by atoms with Crippen LogP contribution in [-0.2, 0) is 6.42 Å². The van der Waals surface area contributed by atoms with Gasteiger partial charge in [-0.25, -0.2) is 0 Å². The highest BCUT2D eigenvalue weighted by Crippen LogP contribution is 2.31. The Labute approximate surface area is 77.0 Å². The zero-order chi connectivity index (χ0) is 8.39. The predicted octanol–water partition coefficient (Wildman–Crippen LogP) is 2.45. The maximum absolute atomic E-state index is 9.75. The quantitative estimate of drug-likeness (QED) is 0.761. The van der Waals surface area contributed by atoms with Crippen molar-refractivity contribution in [3.05, 3.63) is 22.4 Å². The lowest BCUT2D eigenvalue weighted by Crippen LogP contribution is -2.28. The first-order valence-electron chi connectivity index (χ1n) is 4.56. The fourth-order valence-corrected chi connectivity index (χ4v) is 2.38. The van der Waals surface area contributed by atoms with Gasteiger partial charge in [0.1, 0.15) is 0 Å². The molecule has 1 N–H and O–H groups in total. The van der Waals surface area contributed by atoms with Crippen molar-refractivity contribution in [3.63, 3.8) is 0 Å². The van der Waals surface area contributed by atoms with Crippen LogP contribution in [0, 0.1) is 5.92 Å². The molecule has 1 aliphatic carbocycles. The number of rotatable bonds is 3. The van der Waals surface area contributed by atoms with Gasteiger partial charge < -0.3 is 5.11 Å². The Kier molecular flexibility index (Phi) is 2.47. The predicted molar refractivity (Wildman–Crippen MR) is 51.4 cm³/mol. The zero-order valence-electron chi connectivity index (χ0n) is 7.07. The van der Waals surface area contributed by atoms with Crippen LogP contribution in [0.5, 0.6) is 0 Å². The summed E-state index contributed by atoms with van der Waals surface area (Å²) in [6.45, 7) is 0. The molecule has 1 aromatic heterocycles. The van der Waals surface area contributed by atoms with Gasteiger partial charge in [0.25, 0.3) is 0 Å². The van der Waals surface area contributed by atoms with Crippen LogP contribution in [-0.4, -0.2) is 11.2 Å². The smallest absolute Gasteiger partial charge is 0.0616 e. The first-order chi connectivity index (χ1) is 5.86. The molecule has 12 heavy (non-hydrogen) atoms. The summed E-state index contributed by atoms with van der Waals surface area (Å²) in [6.07, 6.45) is 4.55. The van der Waals surface area contributed by atoms with Crippen LogP contribution >= 0.6 is 11.3 Å². The Hall–Kier alpha value is -0.340. The van der Waals surface area contributed by atoms with Crippen molar-refractivity contribution in [1.82, 2.24) is 0 Å². The molecule has 0 amide bonds. The molecule has 1 unspecified atom stereocenters. The molecule has 1 aliphatic rings. The van der Waals surface area contributed by atoms with Gasteiger partial charge >= 0.3 is 0 Å². The summed E-state index contributed by atoms with van der Waals surface area (Å²) in [7, 11) is 0. The third-order valence-corrected chi connectivity index (χ3v) is 3.58. The SMILES string of the molecule is OC(Cc1cccs1)C1CCC1. The molecule has 1 atom stereocenters. The standard InChI is InChI=1S/C10H14OS/c11-10(8-3-1-4-8)7-9-5-2-6-12-9/h2,5-6,8,10-11H,1,3-4,7H2. The van der Waals surface area contributed by atoms with E-state index < -0.39 is 0 Å². The average molecular weight is 182 g/mol. The van der Waals surface area contributed by atoms with Gasteiger partial charge in [-0.1, -0.05) is 12.5 Å². The lowest BCUT2D eigenvalue weighted by molar-refractivity contribution is 0.0636. The molecule has 0 aliphatic heterocycles. The van der Waals surface area contributed by atoms with Gasteiger partial charge in [-0.05, 0) is 30.2 Å². The first-order valence-corrected chi connectivity index (χ1v) is 5.44. The van der Waals surface area contributed by atoms with Crippen LogP contribution in [0.1, 0.15) is 24.1 Å². The average Bonchev–Trinajstić information content (AvgIpc) is 2.34. The van der Waals surface area contributed by atoms with E-state index >= 15 is 0 Å². The van der Waals surface area contributed by atoms with Crippen LogP contribution < -0.4 is 0 Å². The van der Waals surface area contributed by atoms with Crippen molar-refractivity contribution >= 4 is 11.3 Å². The van der Waals surface area contributed by atoms with Crippen LogP contribution in [0.3, 0.4) is 0 Å². The summed E-state index contributed by atoms with van der Waals surface area (Å²) >= 11 is 1.74. The molecule has 1 saturated carbocycles. The second-order valence-electron chi connectivity index (χ2n) is 3.54. The van der Waals surface area contributed by atoms with Gasteiger partial charge in [-0.15, -0.1) is 11.3 Å². The van der Waals surface area contributed by atoms with Crippen LogP contribution in [0.25, 0.3) is 0 Å². The minimum absolute atomic E-state index is 0.0857. The number of hydrogen-bond acceptors (Lipinski definition) is 2. The highest BCUT2D eigenvalue weighted by atomic mass is 32.1. The molecule has 0 saturated heterocycles. The van der Waals surface area contributed by atoms with Gasteiger partial charge in [0.2, 0.25) is 0 Å². The Morgan fingerprint density at radius 1 is 1.58 bits per heavy atom. The van der Waals surface area contributed by atoms with E-state index in [1.54, 1.807) is 11.3 Å². The molecule has 2 heteroatoms. The maximum Gasteiger partial charge on any atom is 0.0616 e. The monoisotopic (exact) mass is 182 g/mol. The number of hydrogen-bond donors (Lipinski definition) is 1. The Morgan fingerprint density at radius 2 is 2.42 bits per heavy atom. The third kappa shape index (κ3) is 1.70. The van der Waals surface area contributed by atoms with E-state index in [9.17, 15) is 5.11 Å². The molecule has 0 aromatic carbocycles. The maximum atomic E-state index is 9.75. The molecular formula is C10H14OS. The molecule has 0 radical (unpaired) electrons. The molecular weight excluding hydrogens is 168 g/mol. The molecule has 1 fully saturated rings. The lowest BCUT2D eigenvalue weighted by atomic mass is 9.80. The molecule has 1 nitrogen and oxygen atoms in total. The zero-order valence-corrected chi connectivity index (χ0v) is 7.89. The normalized spacial score (nSPS) is 20.4. The second-order valence-corrected chi connectivity index (χ2v) is 4.57. The Balaban J connectivity index is 1.86. The van der Waals surface area contributed by atoms with E-state index in [0.29, 0.717) is 5.92 Å². The number of aliphatic hydroxyl groups excluding tert-OH is 1. The molecule has 66 valence electrons. The van der Waals surface area contributed by atoms with E-state index in [-0.39, 0.29) is 6.10 Å². The fourth-order valence-electron chi connectivity index (χ4n) is 1.63. The topological polar surface area (TPSA) is 20.2 Å². The van der Waals surface area contributed by atoms with Crippen LogP contribution in [0.15, 0.2) is 17.5 Å². The highest BCUT2D eigenvalue weighted by molar-refractivity contribution is 7.09. The van der Waals surface area contributed by atoms with E-state index in [4.69, 9.17) is 0 Å². The Bertz CT molecular complexity index is 226. The third-order valence-electron chi connectivity index (χ3n) is 2.68. The van der Waals surface area contributed by atoms with E-state index in [1.165, 1.54) is 24.1 Å². The summed E-state index contributed by atoms with van der Waals surface area (Å²) in [5.74, 6) is 0.590. The minimum atomic E-state index is -0.0857. The van der Waals surface area contributed by atoms with Crippen molar-refractivity contribution in [2.45, 2.75) is 31.8 Å². The molecule has 1 heterocycles. The van der Waals surface area contributed by atoms with Crippen molar-refractivity contribution < 1.29 is 5.11 Å². The molecule has 2 rings (SSSR count). The number of thiophene rings is 1. The fraction of sp³-hybridized carbons (Fsp3) is 0.600. The highest BCUT2D eigenvalue weighted by Gasteiger charge is 2.25. The lowest BCUT2D eigenvalue weighted by Gasteiger charge is -2.29. The first kappa shape index (κ1) is 8.27. The second kappa shape index (κ2) is 3.58. The van der Waals surface area contributed by atoms with Crippen molar-refractivity contribution in [2.75, 3.05) is 0 Å². The van der Waals surface area contributed by atoms with Gasteiger partial charge in [0, 0.05) is 11.3 Å². The van der Waals surface area contributed by atoms with Gasteiger partial charge in [0.05, 0.1) is 6.10 Å². The van der Waals surface area contributed by atoms with Crippen LogP contribution in [0.4, 0.5) is 0 Å². The van der Waals surface area contributed by atoms with E-state index in [2.05, 4.69) is 11.4 Å². The van der Waals surface area contributed by atoms with Crippen LogP contribution in [0.2, 0.25) is 0 Å². The Morgan fingerprint density at radius 3 is 2.92 bits per heavy atom. The summed E-state index contributed by atoms with van der Waals surface area (Å²) in [5, 5.41) is 11.8. The number of aliphatic hydroxyl groups is 1. The van der Waals surface area contributed by atoms with Gasteiger partial charge in [-0.3, -0.25) is 0 Å². The summed E-state index contributed by atoms with van der Waals surface area (Å²) < 4.78 is 0. The van der Waals surface area contributed by atoms with Crippen molar-refractivity contribution in [1.29, 1.82) is 0 Å². The van der Waals surface area contributed by atoms with Crippen molar-refractivity contribution in [2.24, 2.45) is 5.92 Å². The summed E-state index contributed by atoms with van der Waals surface area (Å²) in [4.78, 5) is 1.31. The summed E-state index contributed by atoms with van der Waals surface area (Å²) in [5.41, 5.74) is 0. The molecule has 0 spiro atoms. The molecule has 0 bridgehead atoms. The summed E-state index contributed by atoms with van der Waals surface area (Å²) in [6, 6.07) is 4.15.